The van der Waals surface area contributed by atoms with Crippen LogP contribution in [0.1, 0.15) is 15.2 Å². The van der Waals surface area contributed by atoms with Gasteiger partial charge >= 0.3 is 0 Å². The van der Waals surface area contributed by atoms with E-state index in [9.17, 15) is 9.59 Å². The number of thiophene rings is 1. The third-order valence-corrected chi connectivity index (χ3v) is 7.70. The minimum atomic E-state index is -0.0556. The number of aryl methyl sites for hydroxylation is 1. The van der Waals surface area contributed by atoms with Gasteiger partial charge in [-0.3, -0.25) is 9.59 Å². The normalized spacial score (nSPS) is 11.4. The summed E-state index contributed by atoms with van der Waals surface area (Å²) in [5.74, 6) is -0.0556. The summed E-state index contributed by atoms with van der Waals surface area (Å²) in [6.45, 7) is 1.99. The molecule has 0 spiro atoms. The standard InChI is InChI=1S/C24H17NO2S2/c1-14-16-7-3-5-9-19(16)29-23(14)24(27)25(2)15-11-12-21-18(13-15)22(26)17-8-4-6-10-20(17)28-21/h3-13H,1-2H3. The molecule has 142 valence electrons. The first-order valence-corrected chi connectivity index (χ1v) is 10.9. The van der Waals surface area contributed by atoms with Crippen LogP contribution in [0.2, 0.25) is 0 Å². The van der Waals surface area contributed by atoms with Crippen molar-refractivity contribution in [3.63, 3.8) is 0 Å². The number of amides is 1. The maximum absolute atomic E-state index is 13.2. The number of carbonyl (C=O) groups excluding carboxylic acids is 1. The first kappa shape index (κ1) is 18.0. The molecule has 0 atom stereocenters. The lowest BCUT2D eigenvalue weighted by atomic mass is 10.1. The summed E-state index contributed by atoms with van der Waals surface area (Å²) < 4.78 is 3.01. The van der Waals surface area contributed by atoms with Gasteiger partial charge in [-0.05, 0) is 54.3 Å². The van der Waals surface area contributed by atoms with E-state index in [1.165, 1.54) is 11.3 Å². The lowest BCUT2D eigenvalue weighted by Crippen LogP contribution is -2.26. The number of anilines is 1. The van der Waals surface area contributed by atoms with Crippen LogP contribution in [0.25, 0.3) is 30.3 Å². The van der Waals surface area contributed by atoms with Crippen molar-refractivity contribution in [3.05, 3.63) is 87.4 Å². The quantitative estimate of drug-likeness (QED) is 0.321. The highest BCUT2D eigenvalue weighted by Crippen LogP contribution is 2.33. The molecule has 3 nitrogen and oxygen atoms in total. The lowest BCUT2D eigenvalue weighted by Gasteiger charge is -2.17. The van der Waals surface area contributed by atoms with E-state index in [4.69, 9.17) is 0 Å². The molecular weight excluding hydrogens is 398 g/mol. The topological polar surface area (TPSA) is 37.4 Å². The number of hydrogen-bond donors (Lipinski definition) is 0. The van der Waals surface area contributed by atoms with Gasteiger partial charge in [-0.2, -0.15) is 0 Å². The number of fused-ring (bicyclic) bond motifs is 3. The van der Waals surface area contributed by atoms with E-state index in [0.717, 1.165) is 41.0 Å². The van der Waals surface area contributed by atoms with Crippen molar-refractivity contribution in [2.45, 2.75) is 6.92 Å². The van der Waals surface area contributed by atoms with Crippen LogP contribution in [0.15, 0.2) is 71.5 Å². The van der Waals surface area contributed by atoms with Gasteiger partial charge in [0, 0.05) is 37.6 Å². The van der Waals surface area contributed by atoms with Gasteiger partial charge in [0.25, 0.3) is 5.91 Å². The molecule has 0 saturated heterocycles. The Labute approximate surface area is 175 Å². The summed E-state index contributed by atoms with van der Waals surface area (Å²) in [6, 6.07) is 21.4. The Kier molecular flexibility index (Phi) is 4.23. The number of benzene rings is 3. The molecule has 0 saturated carbocycles. The molecule has 5 heteroatoms. The van der Waals surface area contributed by atoms with Crippen LogP contribution < -0.4 is 10.3 Å². The Morgan fingerprint density at radius 1 is 0.793 bits per heavy atom. The van der Waals surface area contributed by atoms with Crippen molar-refractivity contribution in [2.24, 2.45) is 0 Å². The SMILES string of the molecule is Cc1c(C(=O)N(C)c2ccc3sc4ccccc4c(=O)c3c2)sc2ccccc12. The number of carbonyl (C=O) groups is 1. The molecule has 2 aromatic heterocycles. The van der Waals surface area contributed by atoms with Gasteiger partial charge in [-0.1, -0.05) is 30.3 Å². The fourth-order valence-electron chi connectivity index (χ4n) is 3.65. The van der Waals surface area contributed by atoms with Gasteiger partial charge < -0.3 is 4.90 Å². The molecule has 0 radical (unpaired) electrons. The molecule has 5 aromatic rings. The summed E-state index contributed by atoms with van der Waals surface area (Å²) in [5, 5.41) is 2.48. The first-order valence-electron chi connectivity index (χ1n) is 9.26. The second-order valence-corrected chi connectivity index (χ2v) is 9.16. The van der Waals surface area contributed by atoms with E-state index < -0.39 is 0 Å². The van der Waals surface area contributed by atoms with E-state index >= 15 is 0 Å². The van der Waals surface area contributed by atoms with Crippen molar-refractivity contribution in [1.82, 2.24) is 0 Å². The minimum Gasteiger partial charge on any atom is -0.311 e. The van der Waals surface area contributed by atoms with Gasteiger partial charge in [0.05, 0.1) is 4.88 Å². The average Bonchev–Trinajstić information content (AvgIpc) is 3.09. The first-order chi connectivity index (χ1) is 14.0. The zero-order valence-corrected chi connectivity index (χ0v) is 17.6. The lowest BCUT2D eigenvalue weighted by molar-refractivity contribution is 0.0996. The smallest absolute Gasteiger partial charge is 0.268 e. The molecule has 3 aromatic carbocycles. The summed E-state index contributed by atoms with van der Waals surface area (Å²) in [4.78, 5) is 28.6. The predicted octanol–water partition coefficient (Wildman–Crippen LogP) is 6.21. The predicted molar refractivity (Wildman–Crippen MR) is 125 cm³/mol. The fraction of sp³-hybridized carbons (Fsp3) is 0.0833. The molecular formula is C24H17NO2S2. The second kappa shape index (κ2) is 6.79. The van der Waals surface area contributed by atoms with E-state index in [0.29, 0.717) is 5.39 Å². The maximum atomic E-state index is 13.2. The second-order valence-electron chi connectivity index (χ2n) is 7.02. The molecule has 0 aliphatic heterocycles. The molecule has 0 aliphatic carbocycles. The molecule has 0 N–H and O–H groups in total. The Morgan fingerprint density at radius 2 is 1.41 bits per heavy atom. The van der Waals surface area contributed by atoms with Gasteiger partial charge in [-0.25, -0.2) is 0 Å². The summed E-state index contributed by atoms with van der Waals surface area (Å²) in [5.41, 5.74) is 1.73. The molecule has 1 amide bonds. The van der Waals surface area contributed by atoms with Gasteiger partial charge in [-0.15, -0.1) is 22.7 Å². The summed E-state index contributed by atoms with van der Waals surface area (Å²) >= 11 is 3.11. The zero-order chi connectivity index (χ0) is 20.1. The number of rotatable bonds is 2. The van der Waals surface area contributed by atoms with Crippen LogP contribution in [-0.4, -0.2) is 13.0 Å². The Morgan fingerprint density at radius 3 is 2.14 bits per heavy atom. The Balaban J connectivity index is 1.61. The van der Waals surface area contributed by atoms with Crippen LogP contribution >= 0.6 is 22.7 Å². The summed E-state index contributed by atoms with van der Waals surface area (Å²) in [6.07, 6.45) is 0. The van der Waals surface area contributed by atoms with Crippen LogP contribution in [0, 0.1) is 6.92 Å². The number of nitrogens with zero attached hydrogens (tertiary/aromatic N) is 1. The van der Waals surface area contributed by atoms with Gasteiger partial charge in [0.15, 0.2) is 5.43 Å². The van der Waals surface area contributed by atoms with Crippen molar-refractivity contribution in [2.75, 3.05) is 11.9 Å². The fourth-order valence-corrected chi connectivity index (χ4v) is 5.88. The molecule has 0 bridgehead atoms. The van der Waals surface area contributed by atoms with E-state index in [1.54, 1.807) is 23.3 Å². The molecule has 29 heavy (non-hydrogen) atoms. The van der Waals surface area contributed by atoms with Crippen LogP contribution in [0.4, 0.5) is 5.69 Å². The average molecular weight is 416 g/mol. The third kappa shape index (κ3) is 2.85. The molecule has 0 fully saturated rings. The molecule has 5 rings (SSSR count). The largest absolute Gasteiger partial charge is 0.311 e. The highest BCUT2D eigenvalue weighted by molar-refractivity contribution is 7.24. The van der Waals surface area contributed by atoms with Gasteiger partial charge in [0.1, 0.15) is 0 Å². The highest BCUT2D eigenvalue weighted by Gasteiger charge is 2.20. The van der Waals surface area contributed by atoms with Crippen LogP contribution in [0.5, 0.6) is 0 Å². The maximum Gasteiger partial charge on any atom is 0.268 e. The Bertz CT molecular complexity index is 1480. The number of hydrogen-bond acceptors (Lipinski definition) is 4. The van der Waals surface area contributed by atoms with E-state index in [2.05, 4.69) is 0 Å². The molecule has 0 unspecified atom stereocenters. The minimum absolute atomic E-state index is 0.00934. The third-order valence-electron chi connectivity index (χ3n) is 5.29. The van der Waals surface area contributed by atoms with E-state index in [-0.39, 0.29) is 11.3 Å². The monoisotopic (exact) mass is 415 g/mol. The Hall–Kier alpha value is -3.02. The molecule has 0 aliphatic rings. The van der Waals surface area contributed by atoms with Crippen molar-refractivity contribution >= 4 is 64.5 Å². The van der Waals surface area contributed by atoms with Crippen molar-refractivity contribution in [1.29, 1.82) is 0 Å². The van der Waals surface area contributed by atoms with Crippen molar-refractivity contribution in [3.8, 4) is 0 Å². The van der Waals surface area contributed by atoms with E-state index in [1.807, 2.05) is 73.7 Å². The highest BCUT2D eigenvalue weighted by atomic mass is 32.1. The summed E-state index contributed by atoms with van der Waals surface area (Å²) in [7, 11) is 1.77. The van der Waals surface area contributed by atoms with Crippen LogP contribution in [-0.2, 0) is 0 Å². The zero-order valence-electron chi connectivity index (χ0n) is 15.9. The van der Waals surface area contributed by atoms with Crippen molar-refractivity contribution < 1.29 is 4.79 Å². The van der Waals surface area contributed by atoms with Gasteiger partial charge in [0.2, 0.25) is 0 Å². The molecule has 2 heterocycles. The van der Waals surface area contributed by atoms with Crippen LogP contribution in [0.3, 0.4) is 0 Å².